The fraction of sp³-hybridized carbons (Fsp3) is 0.269. The number of hydrogen-bond donors (Lipinski definition) is 1. The van der Waals surface area contributed by atoms with Gasteiger partial charge in [0.15, 0.2) is 0 Å². The van der Waals surface area contributed by atoms with Crippen LogP contribution in [0.2, 0.25) is 5.02 Å². The summed E-state index contributed by atoms with van der Waals surface area (Å²) >= 11 is 11.2. The van der Waals surface area contributed by atoms with Gasteiger partial charge in [-0.1, -0.05) is 45.7 Å². The van der Waals surface area contributed by atoms with Crippen LogP contribution in [0.1, 0.15) is 18.9 Å². The third-order valence-electron chi connectivity index (χ3n) is 5.13. The smallest absolute Gasteiger partial charge is 0.264 e. The maximum absolute atomic E-state index is 13.5. The third-order valence-corrected chi connectivity index (χ3v) is 8.91. The van der Waals surface area contributed by atoms with Crippen LogP contribution >= 0.6 is 39.3 Å². The van der Waals surface area contributed by atoms with Crippen LogP contribution in [0.4, 0.5) is 5.69 Å². The highest BCUT2D eigenvalue weighted by Crippen LogP contribution is 2.27. The van der Waals surface area contributed by atoms with Crippen molar-refractivity contribution in [2.24, 2.45) is 0 Å². The van der Waals surface area contributed by atoms with Gasteiger partial charge < -0.3 is 10.1 Å². The van der Waals surface area contributed by atoms with E-state index in [1.165, 1.54) is 12.1 Å². The summed E-state index contributed by atoms with van der Waals surface area (Å²) in [4.78, 5) is 12.9. The first-order valence-electron chi connectivity index (χ1n) is 11.4. The van der Waals surface area contributed by atoms with Crippen LogP contribution in [-0.2, 0) is 20.6 Å². The number of halogens is 2. The predicted molar refractivity (Wildman–Crippen MR) is 152 cm³/mol. The van der Waals surface area contributed by atoms with Crippen LogP contribution < -0.4 is 14.4 Å². The molecule has 0 saturated heterocycles. The highest BCUT2D eigenvalue weighted by Gasteiger charge is 2.27. The Morgan fingerprint density at radius 1 is 1.06 bits per heavy atom. The van der Waals surface area contributed by atoms with Gasteiger partial charge in [0, 0.05) is 21.8 Å². The number of amides is 1. The molecule has 3 aromatic carbocycles. The second-order valence-corrected chi connectivity index (χ2v) is 12.0. The van der Waals surface area contributed by atoms with Gasteiger partial charge in [-0.15, -0.1) is 0 Å². The molecule has 192 valence electrons. The van der Waals surface area contributed by atoms with E-state index in [0.717, 1.165) is 37.3 Å². The van der Waals surface area contributed by atoms with E-state index >= 15 is 0 Å². The molecule has 0 aliphatic heterocycles. The second kappa shape index (κ2) is 13.9. The average molecular weight is 612 g/mol. The number of ether oxygens (including phenoxy) is 1. The second-order valence-electron chi connectivity index (χ2n) is 7.74. The number of benzene rings is 3. The molecular weight excluding hydrogens is 584 g/mol. The monoisotopic (exact) mass is 610 g/mol. The number of thioether (sulfide) groups is 1. The number of anilines is 1. The van der Waals surface area contributed by atoms with Crippen LogP contribution in [0.25, 0.3) is 0 Å². The maximum atomic E-state index is 13.5. The number of sulfonamides is 1. The molecule has 0 aromatic heterocycles. The van der Waals surface area contributed by atoms with E-state index in [1.54, 1.807) is 48.2 Å². The Bertz CT molecular complexity index is 1240. The van der Waals surface area contributed by atoms with Crippen molar-refractivity contribution >= 4 is 60.9 Å². The minimum atomic E-state index is -3.97. The third kappa shape index (κ3) is 8.16. The summed E-state index contributed by atoms with van der Waals surface area (Å²) in [5.74, 6) is 1.89. The molecular formula is C26H28BrClN2O4S2. The van der Waals surface area contributed by atoms with E-state index < -0.39 is 10.0 Å². The Balaban J connectivity index is 1.61. The van der Waals surface area contributed by atoms with Crippen molar-refractivity contribution in [2.75, 3.05) is 29.8 Å². The van der Waals surface area contributed by atoms with Gasteiger partial charge in [0.2, 0.25) is 5.91 Å². The lowest BCUT2D eigenvalue weighted by molar-refractivity contribution is -0.119. The Kier molecular flexibility index (Phi) is 11.0. The lowest BCUT2D eigenvalue weighted by Crippen LogP contribution is -2.41. The van der Waals surface area contributed by atoms with E-state index in [-0.39, 0.29) is 17.3 Å². The lowest BCUT2D eigenvalue weighted by Gasteiger charge is -2.24. The van der Waals surface area contributed by atoms with Crippen LogP contribution in [0.5, 0.6) is 5.75 Å². The van der Waals surface area contributed by atoms with Gasteiger partial charge in [-0.3, -0.25) is 9.10 Å². The topological polar surface area (TPSA) is 75.7 Å². The lowest BCUT2D eigenvalue weighted by atomic mass is 10.2. The van der Waals surface area contributed by atoms with E-state index in [9.17, 15) is 13.2 Å². The van der Waals surface area contributed by atoms with Gasteiger partial charge in [-0.2, -0.15) is 11.8 Å². The van der Waals surface area contributed by atoms with Crippen molar-refractivity contribution in [1.82, 2.24) is 5.32 Å². The predicted octanol–water partition coefficient (Wildman–Crippen LogP) is 6.14. The number of hydrogen-bond acceptors (Lipinski definition) is 5. The number of carbonyl (C=O) groups is 1. The first kappa shape index (κ1) is 28.4. The summed E-state index contributed by atoms with van der Waals surface area (Å²) in [6.45, 7) is 2.49. The number of rotatable bonds is 13. The van der Waals surface area contributed by atoms with E-state index in [4.69, 9.17) is 16.3 Å². The van der Waals surface area contributed by atoms with Gasteiger partial charge in [-0.05, 0) is 79.3 Å². The molecule has 0 bridgehead atoms. The van der Waals surface area contributed by atoms with Gasteiger partial charge >= 0.3 is 0 Å². The maximum Gasteiger partial charge on any atom is 0.264 e. The fourth-order valence-corrected chi connectivity index (χ4v) is 6.24. The number of nitrogens with one attached hydrogen (secondary N) is 1. The molecule has 36 heavy (non-hydrogen) atoms. The summed E-state index contributed by atoms with van der Waals surface area (Å²) in [6, 6.07) is 20.7. The van der Waals surface area contributed by atoms with E-state index in [2.05, 4.69) is 21.2 Å². The molecule has 0 saturated carbocycles. The summed E-state index contributed by atoms with van der Waals surface area (Å²) in [5, 5.41) is 3.59. The van der Waals surface area contributed by atoms with E-state index in [0.29, 0.717) is 24.6 Å². The zero-order chi connectivity index (χ0) is 26.0. The molecule has 10 heteroatoms. The molecule has 6 nitrogen and oxygen atoms in total. The molecule has 0 unspecified atom stereocenters. The van der Waals surface area contributed by atoms with Crippen LogP contribution in [0, 0.1) is 0 Å². The van der Waals surface area contributed by atoms with Crippen molar-refractivity contribution < 1.29 is 17.9 Å². The average Bonchev–Trinajstić information content (AvgIpc) is 2.86. The summed E-state index contributed by atoms with van der Waals surface area (Å²) in [6.07, 6.45) is 0.753. The molecule has 0 aliphatic rings. The largest absolute Gasteiger partial charge is 0.494 e. The molecule has 0 atom stereocenters. The standard InChI is InChI=1S/C26H28BrClN2O4S2/c1-2-34-23-12-10-22(11-13-23)30(36(32,33)24-14-8-21(27)9-15-24)18-26(31)29-16-5-17-35-19-20-6-3-4-7-25(20)28/h3-4,6-15H,2,5,16-19H2,1H3,(H,29,31). The highest BCUT2D eigenvalue weighted by molar-refractivity contribution is 9.10. The molecule has 1 amide bonds. The van der Waals surface area contributed by atoms with Crippen molar-refractivity contribution in [1.29, 1.82) is 0 Å². The van der Waals surface area contributed by atoms with Gasteiger partial charge in [-0.25, -0.2) is 8.42 Å². The van der Waals surface area contributed by atoms with Gasteiger partial charge in [0.1, 0.15) is 12.3 Å². The van der Waals surface area contributed by atoms with Crippen LogP contribution in [0.15, 0.2) is 82.2 Å². The first-order chi connectivity index (χ1) is 17.3. The molecule has 0 aliphatic carbocycles. The minimum absolute atomic E-state index is 0.100. The van der Waals surface area contributed by atoms with Crippen molar-refractivity contribution in [3.8, 4) is 5.75 Å². The highest BCUT2D eigenvalue weighted by atomic mass is 79.9. The molecule has 0 fully saturated rings. The van der Waals surface area contributed by atoms with Crippen molar-refractivity contribution in [3.63, 3.8) is 0 Å². The van der Waals surface area contributed by atoms with Crippen LogP contribution in [0.3, 0.4) is 0 Å². The normalized spacial score (nSPS) is 11.2. The fourth-order valence-electron chi connectivity index (χ4n) is 3.31. The molecule has 1 N–H and O–H groups in total. The van der Waals surface area contributed by atoms with Gasteiger partial charge in [0.25, 0.3) is 10.0 Å². The number of nitrogens with zero attached hydrogens (tertiary/aromatic N) is 1. The summed E-state index contributed by atoms with van der Waals surface area (Å²) in [5.41, 5.74) is 1.46. The Labute approximate surface area is 230 Å². The Morgan fingerprint density at radius 3 is 2.42 bits per heavy atom. The van der Waals surface area contributed by atoms with Crippen molar-refractivity contribution in [2.45, 2.75) is 24.0 Å². The van der Waals surface area contributed by atoms with Gasteiger partial charge in [0.05, 0.1) is 17.2 Å². The summed E-state index contributed by atoms with van der Waals surface area (Å²) in [7, 11) is -3.97. The quantitative estimate of drug-likeness (QED) is 0.235. The Hall–Kier alpha value is -2.20. The van der Waals surface area contributed by atoms with E-state index in [1.807, 2.05) is 31.2 Å². The van der Waals surface area contributed by atoms with Crippen molar-refractivity contribution in [3.05, 3.63) is 87.9 Å². The zero-order valence-corrected chi connectivity index (χ0v) is 23.8. The van der Waals surface area contributed by atoms with Crippen LogP contribution in [-0.4, -0.2) is 39.8 Å². The molecule has 3 rings (SSSR count). The Morgan fingerprint density at radius 2 is 1.75 bits per heavy atom. The zero-order valence-electron chi connectivity index (χ0n) is 19.8. The molecule has 0 heterocycles. The molecule has 0 radical (unpaired) electrons. The minimum Gasteiger partial charge on any atom is -0.494 e. The molecule has 3 aromatic rings. The SMILES string of the molecule is CCOc1ccc(N(CC(=O)NCCCSCc2ccccc2Cl)S(=O)(=O)c2ccc(Br)cc2)cc1. The first-order valence-corrected chi connectivity index (χ1v) is 15.2. The molecule has 0 spiro atoms. The summed E-state index contributed by atoms with van der Waals surface area (Å²) < 4.78 is 34.3. The number of carbonyl (C=O) groups excluding carboxylic acids is 1.